The Labute approximate surface area is 215 Å². The number of carbonyl (C=O) groups excluding carboxylic acids is 3. The van der Waals surface area contributed by atoms with Crippen LogP contribution in [-0.4, -0.2) is 115 Å². The molecule has 0 aliphatic carbocycles. The zero-order valence-corrected chi connectivity index (χ0v) is 19.9. The van der Waals surface area contributed by atoms with Crippen molar-refractivity contribution in [2.75, 3.05) is 13.2 Å². The number of hydrogen-bond donors (Lipinski definition) is 5. The van der Waals surface area contributed by atoms with Crippen molar-refractivity contribution >= 4 is 52.9 Å². The van der Waals surface area contributed by atoms with E-state index < -0.39 is 55.3 Å². The van der Waals surface area contributed by atoms with Crippen LogP contribution in [0.25, 0.3) is 0 Å². The molecule has 2 unspecified atom stereocenters. The molecule has 0 amide bonds. The molecule has 0 aromatic heterocycles. The first-order chi connectivity index (χ1) is 15.1. The van der Waals surface area contributed by atoms with Gasteiger partial charge in [0.05, 0.1) is 36.0 Å². The molecule has 1 heterocycles. The summed E-state index contributed by atoms with van der Waals surface area (Å²) < 4.78 is 9.17. The van der Waals surface area contributed by atoms with Crippen molar-refractivity contribution in [2.24, 2.45) is 0 Å². The van der Waals surface area contributed by atoms with Crippen molar-refractivity contribution in [3.05, 3.63) is 34.9 Å². The Morgan fingerprint density at radius 3 is 2.00 bits per heavy atom. The van der Waals surface area contributed by atoms with Crippen LogP contribution in [0.15, 0.2) is 18.2 Å². The minimum absolute atomic E-state index is 0. The fraction of sp³-hybridized carbons (Fsp3) is 0.450. The standard InChI is InChI=1S/C11H20O7.C9H4O5.Mg.2H2O/c12-6-8(14)5-9(7-13)18-11(17)4-2-1-3-10(15)16;10-7(11)4-1-2-5-6(3-4)9(13)14-8(5)12;;;/h8-9,12-14H,1-7H2,(H,15,16);1-3H,(H,10,11);;2*1H2/q;;+2;;/p-2. The quantitative estimate of drug-likeness (QED) is 0.105. The first-order valence-electron chi connectivity index (χ1n) is 9.53. The second-order valence-electron chi connectivity index (χ2n) is 6.71. The van der Waals surface area contributed by atoms with E-state index in [1.807, 2.05) is 0 Å². The number of unbranched alkanes of at least 4 members (excludes halogenated alkanes) is 1. The monoisotopic (exact) mass is 514 g/mol. The van der Waals surface area contributed by atoms with Crippen LogP contribution >= 0.6 is 0 Å². The molecular weight excluding hydrogens is 489 g/mol. The maximum atomic E-state index is 11.3. The Balaban J connectivity index is -0.000000549. The number of aliphatic carboxylic acids is 1. The maximum absolute atomic E-state index is 11.3. The molecule has 2 rings (SSSR count). The van der Waals surface area contributed by atoms with Gasteiger partial charge in [-0.25, -0.2) is 14.4 Å². The van der Waals surface area contributed by atoms with Gasteiger partial charge in [0.1, 0.15) is 6.10 Å². The Hall–Kier alpha value is -2.66. The van der Waals surface area contributed by atoms with E-state index in [-0.39, 0.29) is 70.0 Å². The SMILES string of the molecule is O=C(O)CCCCC(=O)OC(CO)CC(O)CO.O=C(O)c1ccc2c(c1)C(=O)OC2=O.[Mg+2].[OH-].[OH-]. The van der Waals surface area contributed by atoms with Gasteiger partial charge in [0.2, 0.25) is 0 Å². The third-order valence-electron chi connectivity index (χ3n) is 4.16. The van der Waals surface area contributed by atoms with Gasteiger partial charge in [-0.15, -0.1) is 0 Å². The third-order valence-corrected chi connectivity index (χ3v) is 4.16. The molecule has 0 radical (unpaired) electrons. The van der Waals surface area contributed by atoms with Crippen LogP contribution in [-0.2, 0) is 19.1 Å². The van der Waals surface area contributed by atoms with E-state index in [9.17, 15) is 24.0 Å². The van der Waals surface area contributed by atoms with Crippen LogP contribution in [0.1, 0.15) is 63.2 Å². The number of ether oxygens (including phenoxy) is 2. The van der Waals surface area contributed by atoms with Crippen molar-refractivity contribution in [3.8, 4) is 0 Å². The fourth-order valence-electron chi connectivity index (χ4n) is 2.55. The molecule has 0 spiro atoms. The molecule has 14 nitrogen and oxygen atoms in total. The smallest absolute Gasteiger partial charge is 0.870 e. The van der Waals surface area contributed by atoms with E-state index in [2.05, 4.69) is 4.74 Å². The molecule has 192 valence electrons. The van der Waals surface area contributed by atoms with E-state index in [4.69, 9.17) is 30.3 Å². The van der Waals surface area contributed by atoms with Gasteiger partial charge < -0.3 is 46.0 Å². The van der Waals surface area contributed by atoms with E-state index in [0.717, 1.165) is 6.07 Å². The van der Waals surface area contributed by atoms with Crippen molar-refractivity contribution in [2.45, 2.75) is 44.3 Å². The number of fused-ring (bicyclic) bond motifs is 1. The number of cyclic esters (lactones) is 2. The van der Waals surface area contributed by atoms with Crippen molar-refractivity contribution < 1.29 is 69.9 Å². The summed E-state index contributed by atoms with van der Waals surface area (Å²) in [5.74, 6) is -4.15. The van der Waals surface area contributed by atoms with E-state index >= 15 is 0 Å². The number of aromatic carboxylic acids is 1. The van der Waals surface area contributed by atoms with Crippen LogP contribution in [0, 0.1) is 0 Å². The van der Waals surface area contributed by atoms with Gasteiger partial charge in [0.25, 0.3) is 0 Å². The number of esters is 3. The van der Waals surface area contributed by atoms with Crippen LogP contribution in [0.2, 0.25) is 0 Å². The zero-order valence-electron chi connectivity index (χ0n) is 18.5. The largest absolute Gasteiger partial charge is 2.00 e. The zero-order chi connectivity index (χ0) is 24.3. The van der Waals surface area contributed by atoms with Gasteiger partial charge in [0.15, 0.2) is 0 Å². The molecule has 0 bridgehead atoms. The molecule has 35 heavy (non-hydrogen) atoms. The van der Waals surface area contributed by atoms with Crippen LogP contribution in [0.5, 0.6) is 0 Å². The molecule has 0 saturated carbocycles. The Bertz CT molecular complexity index is 856. The predicted octanol–water partition coefficient (Wildman–Crippen LogP) is -0.760. The molecule has 0 saturated heterocycles. The molecule has 1 aliphatic rings. The number of carboxylic acids is 2. The van der Waals surface area contributed by atoms with Crippen molar-refractivity contribution in [3.63, 3.8) is 0 Å². The van der Waals surface area contributed by atoms with Gasteiger partial charge in [-0.2, -0.15) is 0 Å². The molecule has 0 fully saturated rings. The third kappa shape index (κ3) is 13.1. The van der Waals surface area contributed by atoms with Crippen LogP contribution < -0.4 is 0 Å². The van der Waals surface area contributed by atoms with Crippen LogP contribution in [0.4, 0.5) is 0 Å². The Morgan fingerprint density at radius 1 is 0.914 bits per heavy atom. The Morgan fingerprint density at radius 2 is 1.49 bits per heavy atom. The van der Waals surface area contributed by atoms with Gasteiger partial charge in [-0.1, -0.05) is 0 Å². The summed E-state index contributed by atoms with van der Waals surface area (Å²) >= 11 is 0. The summed E-state index contributed by atoms with van der Waals surface area (Å²) in [5, 5.41) is 43.7. The predicted molar refractivity (Wildman–Crippen MR) is 114 cm³/mol. The number of aliphatic hydroxyl groups excluding tert-OH is 3. The van der Waals surface area contributed by atoms with Gasteiger partial charge >= 0.3 is 52.9 Å². The minimum Gasteiger partial charge on any atom is -0.870 e. The molecule has 7 N–H and O–H groups in total. The summed E-state index contributed by atoms with van der Waals surface area (Å²) in [7, 11) is 0. The first kappa shape index (κ1) is 36.9. The number of carbonyl (C=O) groups is 5. The molecule has 1 aromatic carbocycles. The van der Waals surface area contributed by atoms with Gasteiger partial charge in [-0.3, -0.25) is 9.59 Å². The molecule has 15 heteroatoms. The maximum Gasteiger partial charge on any atom is 2.00 e. The average molecular weight is 515 g/mol. The van der Waals surface area contributed by atoms with Crippen molar-refractivity contribution in [1.29, 1.82) is 0 Å². The summed E-state index contributed by atoms with van der Waals surface area (Å²) in [6.45, 7) is -0.898. The minimum atomic E-state index is -1.15. The van der Waals surface area contributed by atoms with Crippen LogP contribution in [0.3, 0.4) is 0 Å². The molecular formula is C20H26MgO14. The van der Waals surface area contributed by atoms with E-state index in [1.165, 1.54) is 12.1 Å². The Kier molecular flexibility index (Phi) is 19.6. The number of aliphatic hydroxyl groups is 3. The average Bonchev–Trinajstić information content (AvgIpc) is 3.03. The number of benzene rings is 1. The molecule has 1 aromatic rings. The topological polar surface area (TPSA) is 265 Å². The number of carboxylic acid groups (broad SMARTS) is 2. The summed E-state index contributed by atoms with van der Waals surface area (Å²) in [5.41, 5.74) is 0.0744. The second-order valence-corrected chi connectivity index (χ2v) is 6.71. The fourth-order valence-corrected chi connectivity index (χ4v) is 2.55. The van der Waals surface area contributed by atoms with Crippen molar-refractivity contribution in [1.82, 2.24) is 0 Å². The molecule has 1 aliphatic heterocycles. The molecule has 2 atom stereocenters. The second kappa shape index (κ2) is 18.6. The number of hydrogen-bond acceptors (Lipinski definition) is 12. The first-order valence-corrected chi connectivity index (χ1v) is 9.53. The van der Waals surface area contributed by atoms with Gasteiger partial charge in [-0.05, 0) is 31.0 Å². The van der Waals surface area contributed by atoms with E-state index in [0.29, 0.717) is 12.8 Å². The van der Waals surface area contributed by atoms with E-state index in [1.54, 1.807) is 0 Å². The summed E-state index contributed by atoms with van der Waals surface area (Å²) in [6.07, 6.45) is -1.08. The van der Waals surface area contributed by atoms with Gasteiger partial charge in [0, 0.05) is 19.3 Å². The normalized spacial score (nSPS) is 12.7. The number of rotatable bonds is 11. The summed E-state index contributed by atoms with van der Waals surface area (Å²) in [4.78, 5) is 54.1. The summed E-state index contributed by atoms with van der Waals surface area (Å²) in [6, 6.07) is 3.65.